The van der Waals surface area contributed by atoms with Crippen molar-refractivity contribution in [3.63, 3.8) is 0 Å². The fourth-order valence-electron chi connectivity index (χ4n) is 10.4. The van der Waals surface area contributed by atoms with E-state index in [0.717, 1.165) is 212 Å². The number of hydrogen-bond donors (Lipinski definition) is 3. The SMILES string of the molecule is CC/C=C\C/C=C\C/C=C\C/C=C\CCCCCCCCC(=O)OCC(COP(=O)(O)OCC(O)COP(=O)(O)OCC(COC(=O)CCCCCCC/C=C\C/C=C\CCCCC)OC(=O)CCCCCCC/C=C\CCCC)OC(=O)CCCCCCCCC/C=C\C/C=C\C/C=C\CC. The van der Waals surface area contributed by atoms with Gasteiger partial charge in [-0.15, -0.1) is 0 Å². The summed E-state index contributed by atoms with van der Waals surface area (Å²) in [6.07, 6.45) is 81.8. The second kappa shape index (κ2) is 74.7. The average molecular weight is 1470 g/mol. The quantitative estimate of drug-likeness (QED) is 0.0169. The lowest BCUT2D eigenvalue weighted by molar-refractivity contribution is -0.161. The normalized spacial score (nSPS) is 14.5. The smallest absolute Gasteiger partial charge is 0.462 e. The summed E-state index contributed by atoms with van der Waals surface area (Å²) in [5.74, 6) is -2.22. The number of allylic oxidation sites excluding steroid dienone is 20. The van der Waals surface area contributed by atoms with Crippen LogP contribution in [0.1, 0.15) is 323 Å². The molecule has 17 nitrogen and oxygen atoms in total. The number of rotatable bonds is 74. The van der Waals surface area contributed by atoms with Gasteiger partial charge in [0.05, 0.1) is 26.4 Å². The van der Waals surface area contributed by atoms with E-state index in [1.54, 1.807) is 0 Å². The van der Waals surface area contributed by atoms with Gasteiger partial charge in [0.2, 0.25) is 0 Å². The van der Waals surface area contributed by atoms with E-state index in [9.17, 15) is 43.2 Å². The molecule has 0 aromatic carbocycles. The van der Waals surface area contributed by atoms with Crippen LogP contribution in [0.2, 0.25) is 0 Å². The second-order valence-corrected chi connectivity index (χ2v) is 29.1. The van der Waals surface area contributed by atoms with E-state index in [4.69, 9.17) is 37.0 Å². The molecule has 0 rings (SSSR count). The van der Waals surface area contributed by atoms with E-state index < -0.39 is 97.5 Å². The van der Waals surface area contributed by atoms with Gasteiger partial charge < -0.3 is 33.8 Å². The first-order valence-electron chi connectivity index (χ1n) is 39.8. The first-order valence-corrected chi connectivity index (χ1v) is 42.8. The molecule has 0 spiro atoms. The molecule has 19 heteroatoms. The van der Waals surface area contributed by atoms with Gasteiger partial charge in [-0.2, -0.15) is 0 Å². The first-order chi connectivity index (χ1) is 49.7. The molecule has 3 N–H and O–H groups in total. The van der Waals surface area contributed by atoms with Crippen molar-refractivity contribution in [1.82, 2.24) is 0 Å². The summed E-state index contributed by atoms with van der Waals surface area (Å²) in [7, 11) is -9.97. The molecule has 0 aliphatic carbocycles. The number of hydrogen-bond acceptors (Lipinski definition) is 15. The van der Waals surface area contributed by atoms with Crippen LogP contribution in [-0.4, -0.2) is 96.7 Å². The molecule has 102 heavy (non-hydrogen) atoms. The highest BCUT2D eigenvalue weighted by molar-refractivity contribution is 7.47. The third kappa shape index (κ3) is 73.8. The van der Waals surface area contributed by atoms with Gasteiger partial charge in [0.25, 0.3) is 0 Å². The molecule has 5 unspecified atom stereocenters. The predicted molar refractivity (Wildman–Crippen MR) is 418 cm³/mol. The van der Waals surface area contributed by atoms with Gasteiger partial charge in [0.15, 0.2) is 12.2 Å². The van der Waals surface area contributed by atoms with Gasteiger partial charge in [0, 0.05) is 25.7 Å². The minimum atomic E-state index is -4.99. The maximum absolute atomic E-state index is 13.1. The van der Waals surface area contributed by atoms with Gasteiger partial charge in [-0.3, -0.25) is 37.3 Å². The molecule has 0 radical (unpaired) electrons. The molecule has 586 valence electrons. The van der Waals surface area contributed by atoms with Crippen molar-refractivity contribution in [3.05, 3.63) is 122 Å². The van der Waals surface area contributed by atoms with Gasteiger partial charge in [0.1, 0.15) is 19.3 Å². The highest BCUT2D eigenvalue weighted by atomic mass is 31.2. The van der Waals surface area contributed by atoms with E-state index in [2.05, 4.69) is 149 Å². The molecule has 0 aromatic rings. The number of aliphatic hydroxyl groups is 1. The van der Waals surface area contributed by atoms with Crippen molar-refractivity contribution in [2.24, 2.45) is 0 Å². The number of phosphoric acid groups is 2. The van der Waals surface area contributed by atoms with Crippen molar-refractivity contribution >= 4 is 39.5 Å². The predicted octanol–water partition coefficient (Wildman–Crippen LogP) is 23.1. The summed E-state index contributed by atoms with van der Waals surface area (Å²) in [5, 5.41) is 10.6. The zero-order valence-electron chi connectivity index (χ0n) is 64.0. The van der Waals surface area contributed by atoms with Crippen molar-refractivity contribution in [3.8, 4) is 0 Å². The Bertz CT molecular complexity index is 2410. The summed E-state index contributed by atoms with van der Waals surface area (Å²) in [6.45, 7) is 4.55. The van der Waals surface area contributed by atoms with Crippen LogP contribution >= 0.6 is 15.6 Å². The summed E-state index contributed by atoms with van der Waals surface area (Å²) in [4.78, 5) is 73.0. The number of unbranched alkanes of at least 4 members (excludes halogenated alkanes) is 28. The Kier molecular flexibility index (Phi) is 71.4. The largest absolute Gasteiger partial charge is 0.472 e. The molecule has 0 aliphatic heterocycles. The molecule has 0 fully saturated rings. The van der Waals surface area contributed by atoms with Crippen LogP contribution in [0.5, 0.6) is 0 Å². The number of aliphatic hydroxyl groups excluding tert-OH is 1. The maximum Gasteiger partial charge on any atom is 0.472 e. The topological polar surface area (TPSA) is 237 Å². The molecule has 0 heterocycles. The van der Waals surface area contributed by atoms with Gasteiger partial charge in [-0.05, 0) is 148 Å². The highest BCUT2D eigenvalue weighted by Gasteiger charge is 2.30. The molecule has 0 aromatic heterocycles. The monoisotopic (exact) mass is 1470 g/mol. The lowest BCUT2D eigenvalue weighted by Gasteiger charge is -2.21. The summed E-state index contributed by atoms with van der Waals surface area (Å²) in [5.41, 5.74) is 0. The second-order valence-electron chi connectivity index (χ2n) is 26.2. The third-order valence-electron chi connectivity index (χ3n) is 16.4. The van der Waals surface area contributed by atoms with Crippen LogP contribution in [0.15, 0.2) is 122 Å². The average Bonchev–Trinajstić information content (AvgIpc) is 0.921. The molecular formula is C83H142O17P2. The Morgan fingerprint density at radius 2 is 0.520 bits per heavy atom. The Morgan fingerprint density at radius 1 is 0.284 bits per heavy atom. The molecule has 0 bridgehead atoms. The molecule has 5 atom stereocenters. The van der Waals surface area contributed by atoms with Gasteiger partial charge in [-0.1, -0.05) is 271 Å². The zero-order valence-corrected chi connectivity index (χ0v) is 65.8. The van der Waals surface area contributed by atoms with E-state index >= 15 is 0 Å². The maximum atomic E-state index is 13.1. The molecule has 0 aliphatic rings. The number of esters is 4. The lowest BCUT2D eigenvalue weighted by Crippen LogP contribution is -2.30. The van der Waals surface area contributed by atoms with Crippen LogP contribution in [0.4, 0.5) is 0 Å². The Labute approximate surface area is 619 Å². The van der Waals surface area contributed by atoms with Gasteiger partial charge >= 0.3 is 39.5 Å². The van der Waals surface area contributed by atoms with E-state index in [-0.39, 0.29) is 25.7 Å². The Hall–Kier alpha value is -4.54. The minimum Gasteiger partial charge on any atom is -0.462 e. The van der Waals surface area contributed by atoms with Crippen LogP contribution < -0.4 is 0 Å². The number of carbonyl (C=O) groups is 4. The van der Waals surface area contributed by atoms with Crippen LogP contribution in [-0.2, 0) is 65.4 Å². The minimum absolute atomic E-state index is 0.0778. The molecule has 0 saturated heterocycles. The Morgan fingerprint density at radius 3 is 0.824 bits per heavy atom. The van der Waals surface area contributed by atoms with Crippen molar-refractivity contribution < 1.29 is 80.2 Å². The summed E-state index contributed by atoms with van der Waals surface area (Å²) >= 11 is 0. The van der Waals surface area contributed by atoms with Crippen LogP contribution in [0.3, 0.4) is 0 Å². The number of ether oxygens (including phenoxy) is 4. The Balaban J connectivity index is 5.36. The first kappa shape index (κ1) is 97.5. The van der Waals surface area contributed by atoms with E-state index in [1.165, 1.54) is 32.1 Å². The molecular weight excluding hydrogens is 1330 g/mol. The standard InChI is InChI=1S/C83H142O17P2/c1-5-9-13-17-21-25-29-32-35-37-38-40-42-45-49-52-56-60-64-68-81(86)94-74-79(100-83(88)70-66-62-58-54-50-46-43-39-36-33-30-26-22-18-14-10-6-2)76-98-102(91,92)96-72-77(84)71-95-101(89,90)97-75-78(99-82(87)69-65-61-57-53-47-28-24-20-16-12-8-4)73-93-80(85)67-63-59-55-51-48-44-41-34-31-27-23-19-15-11-7-3/h9-10,13-14,20-27,32-36,38,40-41,77-79,84H,5-8,11-12,15-19,28-31,37,39,42-76H2,1-4H3,(H,89,90)(H,91,92)/b13-9-,14-10-,24-20-,25-21-,26-22-,27-23-,35-32-,36-33-,40-38-,41-34-. The fourth-order valence-corrected chi connectivity index (χ4v) is 11.9. The van der Waals surface area contributed by atoms with Crippen LogP contribution in [0.25, 0.3) is 0 Å². The van der Waals surface area contributed by atoms with Crippen molar-refractivity contribution in [2.45, 2.75) is 341 Å². The van der Waals surface area contributed by atoms with Gasteiger partial charge in [-0.25, -0.2) is 9.13 Å². The van der Waals surface area contributed by atoms with E-state index in [0.29, 0.717) is 25.7 Å². The zero-order chi connectivity index (χ0) is 74.6. The number of carbonyl (C=O) groups excluding carboxylic acids is 4. The highest BCUT2D eigenvalue weighted by Crippen LogP contribution is 2.45. The van der Waals surface area contributed by atoms with Crippen LogP contribution in [0, 0.1) is 0 Å². The summed E-state index contributed by atoms with van der Waals surface area (Å²) < 4.78 is 68.5. The van der Waals surface area contributed by atoms with Crippen molar-refractivity contribution in [1.29, 1.82) is 0 Å². The molecule has 0 saturated carbocycles. The fraction of sp³-hybridized carbons (Fsp3) is 0.711. The van der Waals surface area contributed by atoms with Crippen molar-refractivity contribution in [2.75, 3.05) is 39.6 Å². The van der Waals surface area contributed by atoms with E-state index in [1.807, 2.05) is 0 Å². The summed E-state index contributed by atoms with van der Waals surface area (Å²) in [6, 6.07) is 0. The third-order valence-corrected chi connectivity index (χ3v) is 18.3. The molecule has 0 amide bonds. The lowest BCUT2D eigenvalue weighted by atomic mass is 10.1. The number of phosphoric ester groups is 2.